The summed E-state index contributed by atoms with van der Waals surface area (Å²) in [5.41, 5.74) is 2.15. The first-order valence-corrected chi connectivity index (χ1v) is 8.55. The summed E-state index contributed by atoms with van der Waals surface area (Å²) >= 11 is 3.29. The molecule has 21 heavy (non-hydrogen) atoms. The number of carboxylic acid groups (broad SMARTS) is 1. The van der Waals surface area contributed by atoms with Gasteiger partial charge in [-0.2, -0.15) is 11.3 Å². The molecule has 1 atom stereocenters. The fourth-order valence-corrected chi connectivity index (χ4v) is 3.92. The van der Waals surface area contributed by atoms with E-state index < -0.39 is 5.97 Å². The Labute approximate surface area is 130 Å². The van der Waals surface area contributed by atoms with Crippen LogP contribution in [0.1, 0.15) is 12.1 Å². The third kappa shape index (κ3) is 3.68. The molecular weight excluding hydrogens is 308 g/mol. The first-order chi connectivity index (χ1) is 10.2. The third-order valence-electron chi connectivity index (χ3n) is 3.44. The van der Waals surface area contributed by atoms with E-state index in [0.29, 0.717) is 19.8 Å². The summed E-state index contributed by atoms with van der Waals surface area (Å²) in [6.45, 7) is 2.57. The van der Waals surface area contributed by atoms with Gasteiger partial charge in [0.25, 0.3) is 0 Å². The Morgan fingerprint density at radius 1 is 1.52 bits per heavy atom. The Kier molecular flexibility index (Phi) is 4.64. The third-order valence-corrected chi connectivity index (χ3v) is 5.07. The monoisotopic (exact) mass is 324 g/mol. The minimum atomic E-state index is -0.785. The number of carboxylic acids is 1. The van der Waals surface area contributed by atoms with Crippen molar-refractivity contribution in [2.75, 3.05) is 19.8 Å². The van der Waals surface area contributed by atoms with E-state index in [4.69, 9.17) is 9.84 Å². The predicted octanol–water partition coefficient (Wildman–Crippen LogP) is 2.55. The molecule has 1 unspecified atom stereocenters. The molecular formula is C14H16N2O3S2. The molecule has 0 saturated carbocycles. The molecule has 0 aliphatic carbocycles. The van der Waals surface area contributed by atoms with Crippen LogP contribution < -0.4 is 0 Å². The number of hydrogen-bond donors (Lipinski definition) is 1. The highest BCUT2D eigenvalue weighted by Gasteiger charge is 2.25. The second-order valence-electron chi connectivity index (χ2n) is 4.95. The molecule has 7 heteroatoms. The van der Waals surface area contributed by atoms with Gasteiger partial charge in [0.1, 0.15) is 5.01 Å². The van der Waals surface area contributed by atoms with E-state index in [-0.39, 0.29) is 12.5 Å². The summed E-state index contributed by atoms with van der Waals surface area (Å²) in [5, 5.41) is 16.2. The zero-order valence-corrected chi connectivity index (χ0v) is 13.0. The molecule has 1 fully saturated rings. The van der Waals surface area contributed by atoms with Crippen LogP contribution in [0.5, 0.6) is 0 Å². The summed E-state index contributed by atoms with van der Waals surface area (Å²) in [6, 6.07) is 2.00. The van der Waals surface area contributed by atoms with Crippen LogP contribution in [-0.2, 0) is 16.1 Å². The molecule has 0 aromatic carbocycles. The number of ether oxygens (including phenoxy) is 1. The summed E-state index contributed by atoms with van der Waals surface area (Å²) < 4.78 is 5.39. The van der Waals surface area contributed by atoms with Gasteiger partial charge in [-0.25, -0.2) is 4.98 Å². The molecule has 1 N–H and O–H groups in total. The Balaban J connectivity index is 1.68. The lowest BCUT2D eigenvalue weighted by molar-refractivity contribution is -0.140. The molecule has 3 rings (SSSR count). The molecule has 112 valence electrons. The Bertz CT molecular complexity index is 597. The molecule has 1 aliphatic heterocycles. The van der Waals surface area contributed by atoms with Gasteiger partial charge >= 0.3 is 5.97 Å². The SMILES string of the molecule is O=C(O)CC1COCCN1Cc1csc(-c2ccsc2)n1. The highest BCUT2D eigenvalue weighted by Crippen LogP contribution is 2.26. The Hall–Kier alpha value is -1.28. The van der Waals surface area contributed by atoms with Crippen molar-refractivity contribution in [1.82, 2.24) is 9.88 Å². The zero-order valence-electron chi connectivity index (χ0n) is 11.4. The van der Waals surface area contributed by atoms with Gasteiger partial charge < -0.3 is 9.84 Å². The molecule has 3 heterocycles. The van der Waals surface area contributed by atoms with E-state index >= 15 is 0 Å². The van der Waals surface area contributed by atoms with Crippen LogP contribution in [0.25, 0.3) is 10.6 Å². The molecule has 0 spiro atoms. The number of aromatic nitrogens is 1. The minimum Gasteiger partial charge on any atom is -0.481 e. The number of carbonyl (C=O) groups is 1. The van der Waals surface area contributed by atoms with Crippen LogP contribution in [0.2, 0.25) is 0 Å². The van der Waals surface area contributed by atoms with Gasteiger partial charge in [0.05, 0.1) is 25.3 Å². The largest absolute Gasteiger partial charge is 0.481 e. The fraction of sp³-hybridized carbons (Fsp3) is 0.429. The summed E-state index contributed by atoms with van der Waals surface area (Å²) in [4.78, 5) is 17.7. The molecule has 0 bridgehead atoms. The molecule has 1 saturated heterocycles. The van der Waals surface area contributed by atoms with E-state index in [1.807, 2.05) is 5.38 Å². The normalized spacial score (nSPS) is 19.7. The quantitative estimate of drug-likeness (QED) is 0.916. The lowest BCUT2D eigenvalue weighted by Gasteiger charge is -2.34. The van der Waals surface area contributed by atoms with Gasteiger partial charge in [-0.05, 0) is 11.4 Å². The standard InChI is InChI=1S/C14H16N2O3S2/c17-13(18)5-12-7-19-3-2-16(12)6-11-9-21-14(15-11)10-1-4-20-8-10/h1,4,8-9,12H,2-3,5-7H2,(H,17,18). The highest BCUT2D eigenvalue weighted by molar-refractivity contribution is 7.14. The zero-order chi connectivity index (χ0) is 14.7. The topological polar surface area (TPSA) is 62.7 Å². The van der Waals surface area contributed by atoms with Gasteiger partial charge in [-0.1, -0.05) is 0 Å². The number of thiazole rings is 1. The minimum absolute atomic E-state index is 0.0671. The molecule has 0 radical (unpaired) electrons. The highest BCUT2D eigenvalue weighted by atomic mass is 32.1. The average molecular weight is 324 g/mol. The van der Waals surface area contributed by atoms with Crippen molar-refractivity contribution in [3.05, 3.63) is 27.9 Å². The summed E-state index contributed by atoms with van der Waals surface area (Å²) in [6.07, 6.45) is 0.113. The maximum Gasteiger partial charge on any atom is 0.305 e. The summed E-state index contributed by atoms with van der Waals surface area (Å²) in [5.74, 6) is -0.785. The van der Waals surface area contributed by atoms with Gasteiger partial charge in [-0.3, -0.25) is 9.69 Å². The van der Waals surface area contributed by atoms with Crippen LogP contribution in [0.15, 0.2) is 22.2 Å². The molecule has 2 aromatic rings. The average Bonchev–Trinajstić information content (AvgIpc) is 3.11. The van der Waals surface area contributed by atoms with Crippen molar-refractivity contribution in [2.45, 2.75) is 19.0 Å². The first-order valence-electron chi connectivity index (χ1n) is 6.73. The van der Waals surface area contributed by atoms with Crippen LogP contribution in [0, 0.1) is 0 Å². The number of morpholine rings is 1. The lowest BCUT2D eigenvalue weighted by atomic mass is 10.1. The van der Waals surface area contributed by atoms with E-state index in [1.54, 1.807) is 22.7 Å². The van der Waals surface area contributed by atoms with E-state index in [9.17, 15) is 4.79 Å². The van der Waals surface area contributed by atoms with E-state index in [0.717, 1.165) is 22.8 Å². The van der Waals surface area contributed by atoms with Gasteiger partial charge in [0.2, 0.25) is 0 Å². The molecule has 0 amide bonds. The number of hydrogen-bond acceptors (Lipinski definition) is 6. The molecule has 5 nitrogen and oxygen atoms in total. The van der Waals surface area contributed by atoms with Crippen LogP contribution in [0.3, 0.4) is 0 Å². The molecule has 2 aromatic heterocycles. The number of rotatable bonds is 5. The van der Waals surface area contributed by atoms with Crippen molar-refractivity contribution < 1.29 is 14.6 Å². The Morgan fingerprint density at radius 3 is 3.19 bits per heavy atom. The second-order valence-corrected chi connectivity index (χ2v) is 6.59. The van der Waals surface area contributed by atoms with Crippen molar-refractivity contribution in [1.29, 1.82) is 0 Å². The number of nitrogens with zero attached hydrogens (tertiary/aromatic N) is 2. The van der Waals surface area contributed by atoms with Crippen molar-refractivity contribution in [2.24, 2.45) is 0 Å². The first kappa shape index (κ1) is 14.6. The lowest BCUT2D eigenvalue weighted by Crippen LogP contribution is -2.45. The summed E-state index contributed by atoms with van der Waals surface area (Å²) in [7, 11) is 0. The van der Waals surface area contributed by atoms with Crippen LogP contribution >= 0.6 is 22.7 Å². The predicted molar refractivity (Wildman–Crippen MR) is 82.7 cm³/mol. The van der Waals surface area contributed by atoms with Gasteiger partial charge in [0, 0.05) is 35.5 Å². The second kappa shape index (κ2) is 6.65. The maximum absolute atomic E-state index is 10.9. The smallest absolute Gasteiger partial charge is 0.305 e. The van der Waals surface area contributed by atoms with Gasteiger partial charge in [-0.15, -0.1) is 11.3 Å². The van der Waals surface area contributed by atoms with Crippen molar-refractivity contribution >= 4 is 28.6 Å². The van der Waals surface area contributed by atoms with Crippen molar-refractivity contribution in [3.8, 4) is 10.6 Å². The maximum atomic E-state index is 10.9. The molecule has 1 aliphatic rings. The van der Waals surface area contributed by atoms with Crippen molar-refractivity contribution in [3.63, 3.8) is 0 Å². The van der Waals surface area contributed by atoms with E-state index in [2.05, 4.69) is 26.7 Å². The Morgan fingerprint density at radius 2 is 2.43 bits per heavy atom. The van der Waals surface area contributed by atoms with Crippen LogP contribution in [-0.4, -0.2) is 46.8 Å². The number of thiophene rings is 1. The van der Waals surface area contributed by atoms with Gasteiger partial charge in [0.15, 0.2) is 0 Å². The van der Waals surface area contributed by atoms with Crippen LogP contribution in [0.4, 0.5) is 0 Å². The number of aliphatic carboxylic acids is 1. The van der Waals surface area contributed by atoms with E-state index in [1.165, 1.54) is 0 Å². The fourth-order valence-electron chi connectivity index (χ4n) is 2.39.